The van der Waals surface area contributed by atoms with Crippen molar-refractivity contribution in [2.45, 2.75) is 61.6 Å². The normalized spacial score (nSPS) is 36.7. The quantitative estimate of drug-likeness (QED) is 0.418. The summed E-state index contributed by atoms with van der Waals surface area (Å²) in [4.78, 5) is 44.4. The van der Waals surface area contributed by atoms with Crippen LogP contribution < -0.4 is 10.6 Å². The summed E-state index contributed by atoms with van der Waals surface area (Å²) in [5, 5.41) is 16.0. The van der Waals surface area contributed by atoms with Gasteiger partial charge in [0.25, 0.3) is 0 Å². The van der Waals surface area contributed by atoms with Gasteiger partial charge in [0.05, 0.1) is 42.4 Å². The minimum Gasteiger partial charge on any atom is -0.394 e. The average Bonchev–Trinajstić information content (AvgIpc) is 3.38. The SMILES string of the molecule is CCCNC(=O)[C@H]1[C@H]2C(=O)N([C@H](C)CO)C(C(=O)NCCN3CCOCC3)C23CC[C@]1(C)S3. The predicted molar refractivity (Wildman–Crippen MR) is 126 cm³/mol. The Kier molecular flexibility index (Phi) is 7.29. The van der Waals surface area contributed by atoms with Gasteiger partial charge in [0.1, 0.15) is 6.04 Å². The molecule has 9 nitrogen and oxygen atoms in total. The number of amides is 3. The topological polar surface area (TPSA) is 111 Å². The van der Waals surface area contributed by atoms with Gasteiger partial charge >= 0.3 is 0 Å². The summed E-state index contributed by atoms with van der Waals surface area (Å²) < 4.78 is 4.39. The maximum absolute atomic E-state index is 13.8. The molecule has 4 saturated heterocycles. The summed E-state index contributed by atoms with van der Waals surface area (Å²) in [6.45, 7) is 10.5. The fourth-order valence-electron chi connectivity index (χ4n) is 6.24. The second-order valence-electron chi connectivity index (χ2n) is 10.0. The lowest BCUT2D eigenvalue weighted by atomic mass is 9.66. The van der Waals surface area contributed by atoms with Crippen LogP contribution in [0.1, 0.15) is 40.0 Å². The van der Waals surface area contributed by atoms with Crippen LogP contribution >= 0.6 is 11.8 Å². The molecule has 0 aliphatic carbocycles. The number of hydrogen-bond acceptors (Lipinski definition) is 7. The Hall–Kier alpha value is -1.36. The first-order valence-corrected chi connectivity index (χ1v) is 13.1. The first-order chi connectivity index (χ1) is 15.8. The van der Waals surface area contributed by atoms with E-state index in [0.717, 1.165) is 38.9 Å². The van der Waals surface area contributed by atoms with E-state index in [4.69, 9.17) is 4.74 Å². The molecule has 4 heterocycles. The fourth-order valence-corrected chi connectivity index (χ4v) is 8.59. The molecule has 4 aliphatic rings. The van der Waals surface area contributed by atoms with Crippen molar-refractivity contribution in [1.29, 1.82) is 0 Å². The van der Waals surface area contributed by atoms with Gasteiger partial charge in [0, 0.05) is 37.5 Å². The minimum atomic E-state index is -0.683. The van der Waals surface area contributed by atoms with Crippen LogP contribution in [0, 0.1) is 11.8 Å². The number of carbonyl (C=O) groups is 3. The first-order valence-electron chi connectivity index (χ1n) is 12.3. The van der Waals surface area contributed by atoms with Gasteiger partial charge < -0.3 is 25.4 Å². The zero-order valence-corrected chi connectivity index (χ0v) is 20.8. The van der Waals surface area contributed by atoms with Gasteiger partial charge in [-0.25, -0.2) is 0 Å². The molecule has 0 aromatic heterocycles. The van der Waals surface area contributed by atoms with Crippen LogP contribution in [0.4, 0.5) is 0 Å². The largest absolute Gasteiger partial charge is 0.394 e. The van der Waals surface area contributed by atoms with Crippen LogP contribution in [0.3, 0.4) is 0 Å². The van der Waals surface area contributed by atoms with Crippen molar-refractivity contribution in [3.05, 3.63) is 0 Å². The zero-order valence-electron chi connectivity index (χ0n) is 20.0. The number of nitrogens with one attached hydrogen (secondary N) is 2. The van der Waals surface area contributed by atoms with E-state index in [1.54, 1.807) is 23.6 Å². The molecule has 186 valence electrons. The molecule has 2 unspecified atom stereocenters. The number of carbonyl (C=O) groups excluding carboxylic acids is 3. The van der Waals surface area contributed by atoms with Gasteiger partial charge in [-0.2, -0.15) is 0 Å². The third-order valence-electron chi connectivity index (χ3n) is 7.86. The van der Waals surface area contributed by atoms with Gasteiger partial charge in [-0.05, 0) is 33.1 Å². The maximum Gasteiger partial charge on any atom is 0.244 e. The van der Waals surface area contributed by atoms with Gasteiger partial charge in [-0.3, -0.25) is 19.3 Å². The van der Waals surface area contributed by atoms with E-state index in [-0.39, 0.29) is 29.1 Å². The van der Waals surface area contributed by atoms with E-state index in [9.17, 15) is 19.5 Å². The summed E-state index contributed by atoms with van der Waals surface area (Å²) >= 11 is 1.66. The lowest BCUT2D eigenvalue weighted by Gasteiger charge is -2.36. The molecule has 6 atom stereocenters. The number of rotatable bonds is 9. The number of morpholine rings is 1. The van der Waals surface area contributed by atoms with Crippen LogP contribution in [0.2, 0.25) is 0 Å². The highest BCUT2D eigenvalue weighted by Gasteiger charge is 2.77. The smallest absolute Gasteiger partial charge is 0.244 e. The van der Waals surface area contributed by atoms with Crippen molar-refractivity contribution in [3.63, 3.8) is 0 Å². The lowest BCUT2D eigenvalue weighted by molar-refractivity contribution is -0.143. The van der Waals surface area contributed by atoms with Crippen LogP contribution in [-0.4, -0.2) is 107 Å². The Morgan fingerprint density at radius 3 is 2.58 bits per heavy atom. The number of aliphatic hydroxyl groups excluding tert-OH is 1. The van der Waals surface area contributed by atoms with Crippen LogP contribution in [0.15, 0.2) is 0 Å². The van der Waals surface area contributed by atoms with E-state index in [1.807, 2.05) is 6.92 Å². The van der Waals surface area contributed by atoms with Gasteiger partial charge in [-0.1, -0.05) is 6.92 Å². The molecule has 4 aliphatic heterocycles. The summed E-state index contributed by atoms with van der Waals surface area (Å²) in [5.74, 6) is -1.43. The van der Waals surface area contributed by atoms with Gasteiger partial charge in [0.15, 0.2) is 0 Å². The van der Waals surface area contributed by atoms with Crippen molar-refractivity contribution in [1.82, 2.24) is 20.4 Å². The molecule has 4 rings (SSSR count). The number of aliphatic hydroxyl groups is 1. The summed E-state index contributed by atoms with van der Waals surface area (Å²) in [6, 6.07) is -1.17. The molecule has 3 N–H and O–H groups in total. The Morgan fingerprint density at radius 2 is 1.91 bits per heavy atom. The van der Waals surface area contributed by atoms with E-state index >= 15 is 0 Å². The Morgan fingerprint density at radius 1 is 1.21 bits per heavy atom. The summed E-state index contributed by atoms with van der Waals surface area (Å²) in [6.07, 6.45) is 2.34. The van der Waals surface area contributed by atoms with Crippen molar-refractivity contribution in [3.8, 4) is 0 Å². The molecule has 0 aromatic rings. The highest BCUT2D eigenvalue weighted by molar-refractivity contribution is 8.02. The third-order valence-corrected chi connectivity index (χ3v) is 9.85. The standard InChI is InChI=1S/C23H38N4O5S/c1-4-7-24-19(29)16-17-21(31)27(15(2)14-28)18(23(17)6-5-22(16,3)33-23)20(30)25-8-9-26-10-12-32-13-11-26/h15-18,28H,4-14H2,1-3H3,(H,24,29)(H,25,30)/t15-,16-,17+,18?,22+,23?/m1/s1. The molecular weight excluding hydrogens is 444 g/mol. The molecule has 0 saturated carbocycles. The van der Waals surface area contributed by atoms with Crippen molar-refractivity contribution < 1.29 is 24.2 Å². The number of likely N-dealkylation sites (tertiary alicyclic amines) is 1. The van der Waals surface area contributed by atoms with E-state index in [2.05, 4.69) is 22.5 Å². The summed E-state index contributed by atoms with van der Waals surface area (Å²) in [7, 11) is 0. The van der Waals surface area contributed by atoms with E-state index in [1.165, 1.54) is 0 Å². The van der Waals surface area contributed by atoms with E-state index in [0.29, 0.717) is 26.3 Å². The number of nitrogens with zero attached hydrogens (tertiary/aromatic N) is 2. The monoisotopic (exact) mass is 482 g/mol. The molecule has 10 heteroatoms. The molecule has 4 fully saturated rings. The number of ether oxygens (including phenoxy) is 1. The minimum absolute atomic E-state index is 0.0863. The number of fused-ring (bicyclic) bond motifs is 1. The molecule has 2 bridgehead atoms. The summed E-state index contributed by atoms with van der Waals surface area (Å²) in [5.41, 5.74) is 0. The van der Waals surface area contributed by atoms with Crippen molar-refractivity contribution >= 4 is 29.5 Å². The Balaban J connectivity index is 1.57. The molecule has 0 aromatic carbocycles. The van der Waals surface area contributed by atoms with Gasteiger partial charge in [0.2, 0.25) is 17.7 Å². The average molecular weight is 483 g/mol. The van der Waals surface area contributed by atoms with Gasteiger partial charge in [-0.15, -0.1) is 11.8 Å². The molecule has 1 spiro atoms. The first kappa shape index (κ1) is 24.8. The second kappa shape index (κ2) is 9.71. The van der Waals surface area contributed by atoms with Crippen LogP contribution in [-0.2, 0) is 19.1 Å². The zero-order chi connectivity index (χ0) is 23.8. The van der Waals surface area contributed by atoms with Crippen molar-refractivity contribution in [2.24, 2.45) is 11.8 Å². The molecular formula is C23H38N4O5S. The van der Waals surface area contributed by atoms with E-state index < -0.39 is 28.7 Å². The molecule has 33 heavy (non-hydrogen) atoms. The maximum atomic E-state index is 13.8. The number of thioether (sulfide) groups is 1. The predicted octanol–water partition coefficient (Wildman–Crippen LogP) is -0.177. The van der Waals surface area contributed by atoms with Crippen LogP contribution in [0.25, 0.3) is 0 Å². The molecule has 3 amide bonds. The lowest BCUT2D eigenvalue weighted by Crippen LogP contribution is -2.56. The fraction of sp³-hybridized carbons (Fsp3) is 0.870. The Labute approximate surface area is 200 Å². The van der Waals surface area contributed by atoms with Crippen molar-refractivity contribution in [2.75, 3.05) is 52.5 Å². The Bertz CT molecular complexity index is 778. The van der Waals surface area contributed by atoms with Crippen LogP contribution in [0.5, 0.6) is 0 Å². The highest BCUT2D eigenvalue weighted by atomic mass is 32.2. The molecule has 0 radical (unpaired) electrons. The highest BCUT2D eigenvalue weighted by Crippen LogP contribution is 2.71. The second-order valence-corrected chi connectivity index (χ2v) is 11.9. The number of hydrogen-bond donors (Lipinski definition) is 3. The third kappa shape index (κ3) is 4.17.